The number of nitro benzene ring substituents is 1. The normalized spacial score (nSPS) is 20.5. The van der Waals surface area contributed by atoms with Crippen LogP contribution in [0.2, 0.25) is 18.1 Å². The molecule has 0 amide bonds. The highest BCUT2D eigenvalue weighted by atomic mass is 127. The zero-order chi connectivity index (χ0) is 31.8. The highest BCUT2D eigenvalue weighted by molar-refractivity contribution is 14.1. The van der Waals surface area contributed by atoms with Gasteiger partial charge in [-0.3, -0.25) is 24.5 Å². The summed E-state index contributed by atoms with van der Waals surface area (Å²) in [6.45, 7) is 18.5. The van der Waals surface area contributed by atoms with Gasteiger partial charge in [-0.25, -0.2) is 4.79 Å². The lowest BCUT2D eigenvalue weighted by atomic mass is 9.83. The van der Waals surface area contributed by atoms with Gasteiger partial charge in [0, 0.05) is 18.7 Å². The highest BCUT2D eigenvalue weighted by Crippen LogP contribution is 2.44. The Bertz CT molecular complexity index is 1410. The van der Waals surface area contributed by atoms with Crippen molar-refractivity contribution in [2.45, 2.75) is 111 Å². The Kier molecular flexibility index (Phi) is 10.6. The molecular weight excluding hydrogens is 673 g/mol. The van der Waals surface area contributed by atoms with Gasteiger partial charge in [-0.1, -0.05) is 48.5 Å². The standard InChI is InChI=1S/C29H44IN3O8Si/c1-11-21-23(41-42(9,10)29(5,6)7)14-24(40-21)32-15-17(26(34)31-27(32)35)16-39-25(28(2,3)4)18-12-22(38-8)19(30)13-20(18)33(36)37/h12-13,15,21,23-25H,11,14,16H2,1-10H3,(H,31,34,35)/t21-,23?,24-,25-/m1/s1. The zero-order valence-corrected chi connectivity index (χ0v) is 29.4. The predicted molar refractivity (Wildman–Crippen MR) is 172 cm³/mol. The number of nitro groups is 1. The fraction of sp³-hybridized carbons (Fsp3) is 0.655. The van der Waals surface area contributed by atoms with Gasteiger partial charge in [-0.15, -0.1) is 0 Å². The Morgan fingerprint density at radius 1 is 1.21 bits per heavy atom. The maximum absolute atomic E-state index is 12.9. The van der Waals surface area contributed by atoms with Crippen molar-refractivity contribution >= 4 is 36.6 Å². The monoisotopic (exact) mass is 717 g/mol. The van der Waals surface area contributed by atoms with Crippen molar-refractivity contribution in [3.8, 4) is 5.75 Å². The summed E-state index contributed by atoms with van der Waals surface area (Å²) in [5.41, 5.74) is -1.31. The van der Waals surface area contributed by atoms with Gasteiger partial charge in [0.15, 0.2) is 8.32 Å². The van der Waals surface area contributed by atoms with Crippen LogP contribution in [-0.4, -0.2) is 42.1 Å². The van der Waals surface area contributed by atoms with Crippen molar-refractivity contribution in [2.24, 2.45) is 5.41 Å². The van der Waals surface area contributed by atoms with Gasteiger partial charge in [0.25, 0.3) is 11.2 Å². The van der Waals surface area contributed by atoms with Gasteiger partial charge in [0.05, 0.1) is 51.6 Å². The molecule has 42 heavy (non-hydrogen) atoms. The van der Waals surface area contributed by atoms with Crippen LogP contribution in [0, 0.1) is 19.1 Å². The molecule has 1 N–H and O–H groups in total. The molecule has 4 atom stereocenters. The van der Waals surface area contributed by atoms with E-state index in [1.165, 1.54) is 23.9 Å². The summed E-state index contributed by atoms with van der Waals surface area (Å²) in [5.74, 6) is 0.485. The Morgan fingerprint density at radius 3 is 2.38 bits per heavy atom. The summed E-state index contributed by atoms with van der Waals surface area (Å²) < 4.78 is 26.6. The molecule has 0 bridgehead atoms. The lowest BCUT2D eigenvalue weighted by molar-refractivity contribution is -0.386. The number of ether oxygens (including phenoxy) is 3. The smallest absolute Gasteiger partial charge is 0.330 e. The molecule has 0 aliphatic carbocycles. The largest absolute Gasteiger partial charge is 0.496 e. The zero-order valence-electron chi connectivity index (χ0n) is 26.2. The number of nitrogens with one attached hydrogen (secondary N) is 1. The van der Waals surface area contributed by atoms with Crippen LogP contribution in [0.1, 0.15) is 84.8 Å². The third kappa shape index (κ3) is 7.52. The molecule has 3 rings (SSSR count). The van der Waals surface area contributed by atoms with E-state index < -0.39 is 42.2 Å². The molecule has 1 aliphatic rings. The lowest BCUT2D eigenvalue weighted by Crippen LogP contribution is -2.45. The van der Waals surface area contributed by atoms with Crippen LogP contribution >= 0.6 is 22.6 Å². The van der Waals surface area contributed by atoms with E-state index in [0.29, 0.717) is 21.3 Å². The SMILES string of the molecule is CC[C@H]1O[C@@H](n2cc(CO[C@H](c3cc(OC)c(I)cc3[N+](=O)[O-])C(C)(C)C)c(=O)[nH]c2=O)CC1O[Si](C)(C)C(C)(C)C. The van der Waals surface area contributed by atoms with Gasteiger partial charge < -0.3 is 18.6 Å². The maximum atomic E-state index is 12.9. The van der Waals surface area contributed by atoms with Crippen molar-refractivity contribution in [1.29, 1.82) is 0 Å². The number of rotatable bonds is 10. The average molecular weight is 718 g/mol. The summed E-state index contributed by atoms with van der Waals surface area (Å²) in [6.07, 6.45) is 0.901. The van der Waals surface area contributed by atoms with E-state index in [2.05, 4.69) is 38.8 Å². The van der Waals surface area contributed by atoms with Crippen LogP contribution in [0.15, 0.2) is 27.9 Å². The minimum Gasteiger partial charge on any atom is -0.496 e. The topological polar surface area (TPSA) is 135 Å². The number of halogens is 1. The highest BCUT2D eigenvalue weighted by Gasteiger charge is 2.45. The molecule has 0 saturated carbocycles. The second kappa shape index (κ2) is 12.9. The fourth-order valence-electron chi connectivity index (χ4n) is 4.82. The van der Waals surface area contributed by atoms with Crippen LogP contribution in [0.5, 0.6) is 5.75 Å². The van der Waals surface area contributed by atoms with Crippen molar-refractivity contribution < 1.29 is 23.6 Å². The Labute approximate surface area is 261 Å². The number of aromatic amines is 1. The first kappa shape index (κ1) is 34.4. The van der Waals surface area contributed by atoms with E-state index in [1.807, 2.05) is 50.3 Å². The quantitative estimate of drug-likeness (QED) is 0.128. The lowest BCUT2D eigenvalue weighted by Gasteiger charge is -2.39. The Hall–Kier alpha value is -2.07. The summed E-state index contributed by atoms with van der Waals surface area (Å²) >= 11 is 1.99. The van der Waals surface area contributed by atoms with Crippen molar-refractivity contribution in [3.05, 3.63) is 64.0 Å². The minimum atomic E-state index is -2.09. The molecule has 13 heteroatoms. The fourth-order valence-corrected chi connectivity index (χ4v) is 6.85. The molecule has 0 radical (unpaired) electrons. The van der Waals surface area contributed by atoms with E-state index in [-0.39, 0.29) is 35.1 Å². The van der Waals surface area contributed by atoms with Crippen LogP contribution in [0.25, 0.3) is 0 Å². The third-order valence-electron chi connectivity index (χ3n) is 8.16. The second-order valence-corrected chi connectivity index (χ2v) is 19.3. The summed E-state index contributed by atoms with van der Waals surface area (Å²) in [5, 5.41) is 12.0. The van der Waals surface area contributed by atoms with Gasteiger partial charge >= 0.3 is 5.69 Å². The summed E-state index contributed by atoms with van der Waals surface area (Å²) in [7, 11) is -0.594. The molecule has 1 aliphatic heterocycles. The number of aromatic nitrogens is 2. The number of hydrogen-bond donors (Lipinski definition) is 1. The predicted octanol–water partition coefficient (Wildman–Crippen LogP) is 6.45. The van der Waals surface area contributed by atoms with E-state index in [0.717, 1.165) is 6.42 Å². The number of methoxy groups -OCH3 is 1. The van der Waals surface area contributed by atoms with Gasteiger partial charge in [0.1, 0.15) is 12.0 Å². The van der Waals surface area contributed by atoms with E-state index >= 15 is 0 Å². The summed E-state index contributed by atoms with van der Waals surface area (Å²) in [6, 6.07) is 3.06. The molecule has 1 saturated heterocycles. The molecule has 11 nitrogen and oxygen atoms in total. The Morgan fingerprint density at radius 2 is 1.86 bits per heavy atom. The first-order valence-corrected chi connectivity index (χ1v) is 18.1. The van der Waals surface area contributed by atoms with Gasteiger partial charge in [-0.2, -0.15) is 0 Å². The van der Waals surface area contributed by atoms with Crippen LogP contribution in [-0.2, 0) is 20.5 Å². The molecule has 2 heterocycles. The van der Waals surface area contributed by atoms with Gasteiger partial charge in [0.2, 0.25) is 0 Å². The van der Waals surface area contributed by atoms with Crippen molar-refractivity contribution in [3.63, 3.8) is 0 Å². The first-order chi connectivity index (χ1) is 19.3. The number of hydrogen-bond acceptors (Lipinski definition) is 8. The third-order valence-corrected chi connectivity index (χ3v) is 13.5. The minimum absolute atomic E-state index is 0.0163. The van der Waals surface area contributed by atoms with Crippen LogP contribution in [0.3, 0.4) is 0 Å². The Balaban J connectivity index is 1.94. The van der Waals surface area contributed by atoms with Crippen molar-refractivity contribution in [1.82, 2.24) is 9.55 Å². The summed E-state index contributed by atoms with van der Waals surface area (Å²) in [4.78, 5) is 39.7. The van der Waals surface area contributed by atoms with Crippen LogP contribution < -0.4 is 16.0 Å². The maximum Gasteiger partial charge on any atom is 0.330 e. The first-order valence-electron chi connectivity index (χ1n) is 14.1. The van der Waals surface area contributed by atoms with E-state index in [9.17, 15) is 19.7 Å². The average Bonchev–Trinajstić information content (AvgIpc) is 3.25. The molecule has 2 aromatic rings. The molecule has 1 unspecified atom stereocenters. The van der Waals surface area contributed by atoms with Crippen molar-refractivity contribution in [2.75, 3.05) is 7.11 Å². The van der Waals surface area contributed by atoms with E-state index in [4.69, 9.17) is 18.6 Å². The molecular formula is C29H44IN3O8Si. The second-order valence-electron chi connectivity index (χ2n) is 13.4. The molecule has 0 spiro atoms. The van der Waals surface area contributed by atoms with E-state index in [1.54, 1.807) is 6.07 Å². The van der Waals surface area contributed by atoms with Crippen LogP contribution in [0.4, 0.5) is 5.69 Å². The number of H-pyrrole nitrogens is 1. The molecule has 1 fully saturated rings. The molecule has 1 aromatic heterocycles. The van der Waals surface area contributed by atoms with Gasteiger partial charge in [-0.05, 0) is 58.6 Å². The number of benzene rings is 1. The molecule has 234 valence electrons. The molecule has 1 aromatic carbocycles. The number of nitrogens with zero attached hydrogens (tertiary/aromatic N) is 2.